The van der Waals surface area contributed by atoms with E-state index in [1.807, 2.05) is 6.07 Å². The molecule has 1 aliphatic rings. The van der Waals surface area contributed by atoms with Gasteiger partial charge in [0.05, 0.1) is 5.69 Å². The molecule has 1 aliphatic heterocycles. The van der Waals surface area contributed by atoms with E-state index in [-0.39, 0.29) is 11.8 Å². The lowest BCUT2D eigenvalue weighted by Crippen LogP contribution is -2.40. The number of rotatable bonds is 5. The fourth-order valence-electron chi connectivity index (χ4n) is 3.81. The molecule has 2 heterocycles. The van der Waals surface area contributed by atoms with E-state index in [1.165, 1.54) is 11.1 Å². The summed E-state index contributed by atoms with van der Waals surface area (Å²) in [6, 6.07) is 18.7. The number of aryl methyl sites for hydroxylation is 2. The molecule has 0 radical (unpaired) electrons. The number of nitrogens with one attached hydrogen (secondary N) is 1. The van der Waals surface area contributed by atoms with Crippen molar-refractivity contribution in [2.75, 3.05) is 18.0 Å². The first kappa shape index (κ1) is 20.1. The first-order valence-electron chi connectivity index (χ1n) is 10.6. The van der Waals surface area contributed by atoms with Crippen molar-refractivity contribution < 1.29 is 4.79 Å². The zero-order chi connectivity index (χ0) is 20.9. The monoisotopic (exact) mass is 400 g/mol. The number of hydrogen-bond acceptors (Lipinski definition) is 4. The molecule has 30 heavy (non-hydrogen) atoms. The van der Waals surface area contributed by atoms with Crippen molar-refractivity contribution in [1.29, 1.82) is 0 Å². The van der Waals surface area contributed by atoms with Crippen molar-refractivity contribution in [3.05, 3.63) is 77.6 Å². The number of benzene rings is 2. The van der Waals surface area contributed by atoms with Crippen molar-refractivity contribution in [1.82, 2.24) is 15.3 Å². The number of hydrogen-bond donors (Lipinski definition) is 1. The Balaban J connectivity index is 1.33. The topological polar surface area (TPSA) is 58.1 Å². The summed E-state index contributed by atoms with van der Waals surface area (Å²) in [5.74, 6) is 1.14. The second kappa shape index (κ2) is 9.08. The summed E-state index contributed by atoms with van der Waals surface area (Å²) < 4.78 is 0. The number of amides is 1. The molecule has 5 heteroatoms. The molecule has 0 aliphatic carbocycles. The van der Waals surface area contributed by atoms with E-state index in [1.54, 1.807) is 6.33 Å². The highest BCUT2D eigenvalue weighted by Gasteiger charge is 2.25. The zero-order valence-corrected chi connectivity index (χ0v) is 17.6. The van der Waals surface area contributed by atoms with E-state index in [0.29, 0.717) is 6.54 Å². The standard InChI is InChI=1S/C25H28N4O/c1-18-3-7-20(8-4-18)16-26-25(30)22-11-13-29(14-12-22)24-15-23(27-17-28-24)21-9-5-19(2)6-10-21/h3-10,15,17,22H,11-14,16H2,1-2H3,(H,26,30). The fourth-order valence-corrected chi connectivity index (χ4v) is 3.81. The number of anilines is 1. The summed E-state index contributed by atoms with van der Waals surface area (Å²) in [5.41, 5.74) is 5.62. The molecule has 154 valence electrons. The summed E-state index contributed by atoms with van der Waals surface area (Å²) in [5, 5.41) is 3.09. The molecule has 1 saturated heterocycles. The van der Waals surface area contributed by atoms with Crippen LogP contribution < -0.4 is 10.2 Å². The predicted octanol–water partition coefficient (Wildman–Crippen LogP) is 4.29. The van der Waals surface area contributed by atoms with Gasteiger partial charge in [-0.3, -0.25) is 4.79 Å². The molecule has 1 N–H and O–H groups in total. The highest BCUT2D eigenvalue weighted by Crippen LogP contribution is 2.25. The minimum Gasteiger partial charge on any atom is -0.356 e. The molecule has 4 rings (SSSR count). The van der Waals surface area contributed by atoms with Crippen LogP contribution in [-0.2, 0) is 11.3 Å². The van der Waals surface area contributed by atoms with Gasteiger partial charge in [0.1, 0.15) is 12.1 Å². The fraction of sp³-hybridized carbons (Fsp3) is 0.320. The van der Waals surface area contributed by atoms with Crippen molar-refractivity contribution in [3.63, 3.8) is 0 Å². The molecule has 5 nitrogen and oxygen atoms in total. The lowest BCUT2D eigenvalue weighted by molar-refractivity contribution is -0.125. The second-order valence-electron chi connectivity index (χ2n) is 8.09. The number of nitrogens with zero attached hydrogens (tertiary/aromatic N) is 3. The number of aromatic nitrogens is 2. The molecule has 1 fully saturated rings. The summed E-state index contributed by atoms with van der Waals surface area (Å²) in [6.45, 7) is 6.39. The van der Waals surface area contributed by atoms with Gasteiger partial charge in [0.15, 0.2) is 0 Å². The highest BCUT2D eigenvalue weighted by atomic mass is 16.1. The van der Waals surface area contributed by atoms with Crippen LogP contribution in [0.4, 0.5) is 5.82 Å². The number of carbonyl (C=O) groups excluding carboxylic acids is 1. The van der Waals surface area contributed by atoms with Gasteiger partial charge in [-0.1, -0.05) is 59.7 Å². The van der Waals surface area contributed by atoms with Crippen LogP contribution in [0.2, 0.25) is 0 Å². The Hall–Kier alpha value is -3.21. The lowest BCUT2D eigenvalue weighted by Gasteiger charge is -2.32. The summed E-state index contributed by atoms with van der Waals surface area (Å²) >= 11 is 0. The van der Waals surface area contributed by atoms with Crippen LogP contribution in [0, 0.1) is 19.8 Å². The largest absolute Gasteiger partial charge is 0.356 e. The van der Waals surface area contributed by atoms with E-state index in [2.05, 4.69) is 82.6 Å². The van der Waals surface area contributed by atoms with Gasteiger partial charge in [-0.05, 0) is 32.3 Å². The smallest absolute Gasteiger partial charge is 0.223 e. The third kappa shape index (κ3) is 4.85. The van der Waals surface area contributed by atoms with Crippen LogP contribution in [0.15, 0.2) is 60.9 Å². The average Bonchev–Trinajstić information content (AvgIpc) is 2.79. The van der Waals surface area contributed by atoms with Crippen LogP contribution in [0.5, 0.6) is 0 Å². The molecule has 1 amide bonds. The van der Waals surface area contributed by atoms with Gasteiger partial charge in [0.25, 0.3) is 0 Å². The molecular formula is C25H28N4O. The first-order chi connectivity index (χ1) is 14.6. The van der Waals surface area contributed by atoms with E-state index >= 15 is 0 Å². The zero-order valence-electron chi connectivity index (χ0n) is 17.6. The summed E-state index contributed by atoms with van der Waals surface area (Å²) in [4.78, 5) is 23.8. The van der Waals surface area contributed by atoms with Gasteiger partial charge in [0.2, 0.25) is 5.91 Å². The van der Waals surface area contributed by atoms with Gasteiger partial charge in [-0.15, -0.1) is 0 Å². The molecule has 2 aromatic carbocycles. The predicted molar refractivity (Wildman–Crippen MR) is 120 cm³/mol. The van der Waals surface area contributed by atoms with Crippen LogP contribution in [0.25, 0.3) is 11.3 Å². The SMILES string of the molecule is Cc1ccc(CNC(=O)C2CCN(c3cc(-c4ccc(C)cc4)ncn3)CC2)cc1. The molecule has 1 aromatic heterocycles. The van der Waals surface area contributed by atoms with Crippen LogP contribution in [0.3, 0.4) is 0 Å². The quantitative estimate of drug-likeness (QED) is 0.694. The van der Waals surface area contributed by atoms with Crippen molar-refractivity contribution in [2.24, 2.45) is 5.92 Å². The van der Waals surface area contributed by atoms with Crippen molar-refractivity contribution in [2.45, 2.75) is 33.2 Å². The van der Waals surface area contributed by atoms with Crippen LogP contribution in [-0.4, -0.2) is 29.0 Å². The van der Waals surface area contributed by atoms with Crippen LogP contribution >= 0.6 is 0 Å². The third-order valence-electron chi connectivity index (χ3n) is 5.78. The molecular weight excluding hydrogens is 372 g/mol. The molecule has 0 unspecified atom stereocenters. The minimum atomic E-state index is 0.0603. The van der Waals surface area contributed by atoms with Gasteiger partial charge in [-0.2, -0.15) is 0 Å². The molecule has 0 spiro atoms. The summed E-state index contributed by atoms with van der Waals surface area (Å²) in [7, 11) is 0. The van der Waals surface area contributed by atoms with Crippen molar-refractivity contribution in [3.8, 4) is 11.3 Å². The van der Waals surface area contributed by atoms with E-state index in [0.717, 1.165) is 48.6 Å². The molecule has 0 saturated carbocycles. The van der Waals surface area contributed by atoms with Gasteiger partial charge >= 0.3 is 0 Å². The van der Waals surface area contributed by atoms with Crippen molar-refractivity contribution >= 4 is 11.7 Å². The highest BCUT2D eigenvalue weighted by molar-refractivity contribution is 5.79. The maximum absolute atomic E-state index is 12.6. The average molecular weight is 401 g/mol. The maximum atomic E-state index is 12.6. The van der Waals surface area contributed by atoms with Gasteiger partial charge in [0, 0.05) is 37.2 Å². The maximum Gasteiger partial charge on any atom is 0.223 e. The number of carbonyl (C=O) groups is 1. The molecule has 0 bridgehead atoms. The Morgan fingerprint density at radius 1 is 0.967 bits per heavy atom. The molecule has 3 aromatic rings. The van der Waals surface area contributed by atoms with Gasteiger partial charge in [-0.25, -0.2) is 9.97 Å². The number of piperidine rings is 1. The third-order valence-corrected chi connectivity index (χ3v) is 5.78. The van der Waals surface area contributed by atoms with E-state index in [4.69, 9.17) is 0 Å². The minimum absolute atomic E-state index is 0.0603. The molecule has 0 atom stereocenters. The Bertz CT molecular complexity index is 990. The Kier molecular flexibility index (Phi) is 6.07. The van der Waals surface area contributed by atoms with E-state index in [9.17, 15) is 4.79 Å². The lowest BCUT2D eigenvalue weighted by atomic mass is 9.95. The first-order valence-corrected chi connectivity index (χ1v) is 10.6. The van der Waals surface area contributed by atoms with Gasteiger partial charge < -0.3 is 10.2 Å². The van der Waals surface area contributed by atoms with E-state index < -0.39 is 0 Å². The van der Waals surface area contributed by atoms with Crippen LogP contribution in [0.1, 0.15) is 29.5 Å². The summed E-state index contributed by atoms with van der Waals surface area (Å²) in [6.07, 6.45) is 3.30. The Morgan fingerprint density at radius 3 is 2.27 bits per heavy atom. The Labute approximate surface area is 178 Å². The Morgan fingerprint density at radius 2 is 1.60 bits per heavy atom. The second-order valence-corrected chi connectivity index (χ2v) is 8.09. The normalized spacial score (nSPS) is 14.5.